The van der Waals surface area contributed by atoms with E-state index in [0.29, 0.717) is 5.56 Å². The van der Waals surface area contributed by atoms with Gasteiger partial charge in [-0.05, 0) is 18.1 Å². The summed E-state index contributed by atoms with van der Waals surface area (Å²) in [6.45, 7) is 2.06. The first kappa shape index (κ1) is 9.53. The minimum atomic E-state index is 0.627. The molecule has 0 saturated heterocycles. The highest BCUT2D eigenvalue weighted by atomic mass is 15.1. The van der Waals surface area contributed by atoms with Gasteiger partial charge in [-0.1, -0.05) is 6.92 Å². The Balaban J connectivity index is 3.17. The predicted molar refractivity (Wildman–Crippen MR) is 52.7 cm³/mol. The second kappa shape index (κ2) is 3.90. The lowest BCUT2D eigenvalue weighted by Crippen LogP contribution is -2.13. The van der Waals surface area contributed by atoms with Crippen molar-refractivity contribution in [3.05, 3.63) is 23.4 Å². The van der Waals surface area contributed by atoms with Gasteiger partial charge in [0.2, 0.25) is 0 Å². The lowest BCUT2D eigenvalue weighted by molar-refractivity contribution is 1.01. The Morgan fingerprint density at radius 1 is 1.54 bits per heavy atom. The second-order valence-corrected chi connectivity index (χ2v) is 3.07. The zero-order chi connectivity index (χ0) is 9.84. The summed E-state index contributed by atoms with van der Waals surface area (Å²) in [4.78, 5) is 6.18. The third-order valence-corrected chi connectivity index (χ3v) is 1.88. The molecule has 1 aromatic rings. The van der Waals surface area contributed by atoms with E-state index in [0.717, 1.165) is 17.8 Å². The third-order valence-electron chi connectivity index (χ3n) is 1.88. The van der Waals surface area contributed by atoms with E-state index >= 15 is 0 Å². The van der Waals surface area contributed by atoms with Crippen molar-refractivity contribution in [2.24, 2.45) is 0 Å². The van der Waals surface area contributed by atoms with Crippen LogP contribution in [0.15, 0.2) is 12.3 Å². The van der Waals surface area contributed by atoms with Gasteiger partial charge in [0.05, 0.1) is 5.56 Å². The van der Waals surface area contributed by atoms with Crippen LogP contribution in [-0.2, 0) is 6.42 Å². The van der Waals surface area contributed by atoms with Crippen molar-refractivity contribution in [1.82, 2.24) is 4.98 Å². The molecule has 13 heavy (non-hydrogen) atoms. The Morgan fingerprint density at radius 3 is 2.69 bits per heavy atom. The molecule has 0 fully saturated rings. The highest BCUT2D eigenvalue weighted by Crippen LogP contribution is 2.16. The molecule has 0 aliphatic heterocycles. The van der Waals surface area contributed by atoms with Crippen LogP contribution in [0, 0.1) is 11.3 Å². The van der Waals surface area contributed by atoms with Crippen molar-refractivity contribution in [2.75, 3.05) is 19.0 Å². The van der Waals surface area contributed by atoms with Crippen molar-refractivity contribution in [3.63, 3.8) is 0 Å². The van der Waals surface area contributed by atoms with Crippen LogP contribution >= 0.6 is 0 Å². The van der Waals surface area contributed by atoms with Crippen LogP contribution < -0.4 is 4.90 Å². The van der Waals surface area contributed by atoms with Gasteiger partial charge in [-0.3, -0.25) is 0 Å². The largest absolute Gasteiger partial charge is 0.363 e. The van der Waals surface area contributed by atoms with Crippen molar-refractivity contribution in [1.29, 1.82) is 5.26 Å². The van der Waals surface area contributed by atoms with E-state index in [1.165, 1.54) is 0 Å². The van der Waals surface area contributed by atoms with Gasteiger partial charge < -0.3 is 4.90 Å². The van der Waals surface area contributed by atoms with E-state index in [1.807, 2.05) is 25.1 Å². The van der Waals surface area contributed by atoms with Gasteiger partial charge in [-0.2, -0.15) is 5.26 Å². The number of aromatic nitrogens is 1. The van der Waals surface area contributed by atoms with Crippen molar-refractivity contribution in [3.8, 4) is 6.07 Å². The SMILES string of the molecule is CCc1cc(C#N)cnc1N(C)C. The molecule has 0 unspecified atom stereocenters. The van der Waals surface area contributed by atoms with Crippen LogP contribution in [0.5, 0.6) is 0 Å². The zero-order valence-corrected chi connectivity index (χ0v) is 8.20. The molecule has 1 aromatic heterocycles. The number of nitriles is 1. The van der Waals surface area contributed by atoms with Gasteiger partial charge in [0.25, 0.3) is 0 Å². The molecule has 0 spiro atoms. The summed E-state index contributed by atoms with van der Waals surface area (Å²) in [5.74, 6) is 0.946. The topological polar surface area (TPSA) is 39.9 Å². The highest BCUT2D eigenvalue weighted by molar-refractivity contribution is 5.48. The first-order valence-electron chi connectivity index (χ1n) is 4.25. The fourth-order valence-corrected chi connectivity index (χ4v) is 1.23. The summed E-state index contributed by atoms with van der Waals surface area (Å²) < 4.78 is 0. The smallest absolute Gasteiger partial charge is 0.131 e. The van der Waals surface area contributed by atoms with E-state index < -0.39 is 0 Å². The summed E-state index contributed by atoms with van der Waals surface area (Å²) in [6, 6.07) is 3.98. The van der Waals surface area contributed by atoms with Crippen molar-refractivity contribution < 1.29 is 0 Å². The summed E-state index contributed by atoms with van der Waals surface area (Å²) in [5, 5.41) is 8.68. The van der Waals surface area contributed by atoms with Crippen molar-refractivity contribution >= 4 is 5.82 Å². The third kappa shape index (κ3) is 1.97. The van der Waals surface area contributed by atoms with E-state index in [2.05, 4.69) is 18.0 Å². The average Bonchev–Trinajstić information content (AvgIpc) is 2.16. The molecule has 0 atom stereocenters. The molecule has 0 saturated carbocycles. The molecular formula is C10H13N3. The molecule has 0 bridgehead atoms. The standard InChI is InChI=1S/C10H13N3/c1-4-9-5-8(6-11)7-12-10(9)13(2)3/h5,7H,4H2,1-3H3. The number of pyridine rings is 1. The predicted octanol–water partition coefficient (Wildman–Crippen LogP) is 1.58. The van der Waals surface area contributed by atoms with Gasteiger partial charge in [-0.15, -0.1) is 0 Å². The van der Waals surface area contributed by atoms with Crippen LogP contribution in [0.25, 0.3) is 0 Å². The number of aryl methyl sites for hydroxylation is 1. The molecule has 3 heteroatoms. The fourth-order valence-electron chi connectivity index (χ4n) is 1.23. The zero-order valence-electron chi connectivity index (χ0n) is 8.20. The fraction of sp³-hybridized carbons (Fsp3) is 0.400. The van der Waals surface area contributed by atoms with E-state index in [4.69, 9.17) is 5.26 Å². The number of anilines is 1. The molecule has 68 valence electrons. The molecule has 0 N–H and O–H groups in total. The van der Waals surface area contributed by atoms with Gasteiger partial charge in [0.1, 0.15) is 11.9 Å². The maximum atomic E-state index is 8.68. The minimum Gasteiger partial charge on any atom is -0.363 e. The van der Waals surface area contributed by atoms with E-state index in [9.17, 15) is 0 Å². The van der Waals surface area contributed by atoms with Gasteiger partial charge in [0, 0.05) is 20.3 Å². The first-order valence-corrected chi connectivity index (χ1v) is 4.25. The lowest BCUT2D eigenvalue weighted by Gasteiger charge is -2.14. The van der Waals surface area contributed by atoms with E-state index in [-0.39, 0.29) is 0 Å². The van der Waals surface area contributed by atoms with Crippen LogP contribution in [-0.4, -0.2) is 19.1 Å². The molecule has 3 nitrogen and oxygen atoms in total. The Bertz CT molecular complexity index is 337. The number of hydrogen-bond acceptors (Lipinski definition) is 3. The average molecular weight is 175 g/mol. The van der Waals surface area contributed by atoms with Crippen LogP contribution in [0.4, 0.5) is 5.82 Å². The summed E-state index contributed by atoms with van der Waals surface area (Å²) in [7, 11) is 3.90. The summed E-state index contributed by atoms with van der Waals surface area (Å²) >= 11 is 0. The molecule has 0 aliphatic rings. The Labute approximate surface area is 78.6 Å². The Hall–Kier alpha value is -1.56. The molecule has 0 radical (unpaired) electrons. The Morgan fingerprint density at radius 2 is 2.23 bits per heavy atom. The van der Waals surface area contributed by atoms with Crippen LogP contribution in [0.3, 0.4) is 0 Å². The molecule has 1 rings (SSSR count). The first-order chi connectivity index (χ1) is 6.19. The maximum absolute atomic E-state index is 8.68. The van der Waals surface area contributed by atoms with Gasteiger partial charge in [-0.25, -0.2) is 4.98 Å². The molecule has 0 amide bonds. The van der Waals surface area contributed by atoms with Gasteiger partial charge >= 0.3 is 0 Å². The van der Waals surface area contributed by atoms with Gasteiger partial charge in [0.15, 0.2) is 0 Å². The molecule has 1 heterocycles. The number of nitrogens with zero attached hydrogens (tertiary/aromatic N) is 3. The van der Waals surface area contributed by atoms with E-state index in [1.54, 1.807) is 6.20 Å². The maximum Gasteiger partial charge on any atom is 0.131 e. The highest BCUT2D eigenvalue weighted by Gasteiger charge is 2.04. The van der Waals surface area contributed by atoms with Crippen LogP contribution in [0.1, 0.15) is 18.1 Å². The molecule has 0 aromatic carbocycles. The molecule has 0 aliphatic carbocycles. The minimum absolute atomic E-state index is 0.627. The second-order valence-electron chi connectivity index (χ2n) is 3.07. The lowest BCUT2D eigenvalue weighted by atomic mass is 10.1. The summed E-state index contributed by atoms with van der Waals surface area (Å²) in [6.07, 6.45) is 2.50. The normalized spacial score (nSPS) is 9.38. The molecular weight excluding hydrogens is 162 g/mol. The van der Waals surface area contributed by atoms with Crippen LogP contribution in [0.2, 0.25) is 0 Å². The summed E-state index contributed by atoms with van der Waals surface area (Å²) in [5.41, 5.74) is 1.74. The monoisotopic (exact) mass is 175 g/mol. The quantitative estimate of drug-likeness (QED) is 0.685. The Kier molecular flexibility index (Phi) is 2.86. The number of rotatable bonds is 2. The van der Waals surface area contributed by atoms with Crippen molar-refractivity contribution in [2.45, 2.75) is 13.3 Å². The number of hydrogen-bond donors (Lipinski definition) is 0.